The molecule has 0 amide bonds. The fourth-order valence-electron chi connectivity index (χ4n) is 2.84. The van der Waals surface area contributed by atoms with Gasteiger partial charge < -0.3 is 10.1 Å². The van der Waals surface area contributed by atoms with E-state index in [1.54, 1.807) is 0 Å². The number of rotatable bonds is 5. The summed E-state index contributed by atoms with van der Waals surface area (Å²) in [6, 6.07) is 20.0. The largest absolute Gasteiger partial charge is 0.478 e. The molecular formula is C20H14N2O3S2. The van der Waals surface area contributed by atoms with Crippen LogP contribution in [0.3, 0.4) is 0 Å². The highest BCUT2D eigenvalue weighted by molar-refractivity contribution is 7.99. The third-order valence-corrected chi connectivity index (χ3v) is 6.16. The normalized spacial score (nSPS) is 11.1. The van der Waals surface area contributed by atoms with Crippen LogP contribution in [0, 0.1) is 0 Å². The molecule has 0 aliphatic rings. The van der Waals surface area contributed by atoms with Crippen molar-refractivity contribution in [3.05, 3.63) is 93.1 Å². The van der Waals surface area contributed by atoms with Gasteiger partial charge in [-0.1, -0.05) is 72.4 Å². The minimum atomic E-state index is -1.12. The lowest BCUT2D eigenvalue weighted by Crippen LogP contribution is -2.12. The second-order valence-corrected chi connectivity index (χ2v) is 7.78. The lowest BCUT2D eigenvalue weighted by atomic mass is 10.0. The first-order valence-corrected chi connectivity index (χ1v) is 9.91. The highest BCUT2D eigenvalue weighted by Gasteiger charge is 2.20. The molecule has 0 saturated carbocycles. The van der Waals surface area contributed by atoms with Crippen LogP contribution in [-0.2, 0) is 0 Å². The molecule has 7 heteroatoms. The van der Waals surface area contributed by atoms with Gasteiger partial charge in [-0.05, 0) is 11.1 Å². The van der Waals surface area contributed by atoms with E-state index in [1.807, 2.05) is 60.7 Å². The Kier molecular flexibility index (Phi) is 4.79. The fourth-order valence-corrected chi connectivity index (χ4v) is 4.91. The number of thioether (sulfide) groups is 1. The van der Waals surface area contributed by atoms with E-state index >= 15 is 0 Å². The second-order valence-electron chi connectivity index (χ2n) is 5.83. The summed E-state index contributed by atoms with van der Waals surface area (Å²) in [5, 5.41) is 11.2. The molecule has 0 unspecified atom stereocenters. The fraction of sp³-hybridized carbons (Fsp3) is 0.0500. The van der Waals surface area contributed by atoms with Crippen LogP contribution in [0.2, 0.25) is 0 Å². The topological polar surface area (TPSA) is 83.0 Å². The monoisotopic (exact) mass is 394 g/mol. The molecular weight excluding hydrogens is 380 g/mol. The zero-order valence-corrected chi connectivity index (χ0v) is 15.6. The predicted octanol–water partition coefficient (Wildman–Crippen LogP) is 4.56. The number of nitrogens with zero attached hydrogens (tertiary/aromatic N) is 1. The molecule has 2 N–H and O–H groups in total. The zero-order valence-electron chi connectivity index (χ0n) is 14.0. The van der Waals surface area contributed by atoms with Gasteiger partial charge in [0.2, 0.25) is 0 Å². The van der Waals surface area contributed by atoms with Crippen molar-refractivity contribution in [3.63, 3.8) is 0 Å². The van der Waals surface area contributed by atoms with Crippen LogP contribution in [0.5, 0.6) is 0 Å². The number of nitrogens with one attached hydrogen (secondary N) is 1. The molecule has 134 valence electrons. The molecule has 2 aromatic carbocycles. The first-order chi connectivity index (χ1) is 13.1. The standard InChI is InChI=1S/C20H14N2O3S2/c23-17-15-14(19(24)25)11-26-18(15)22-20(21-17)27-16(12-7-3-1-4-8-12)13-9-5-2-6-10-13/h1-11,16H,(H,24,25)(H,21,22,23). The molecule has 4 aromatic rings. The van der Waals surface area contributed by atoms with Gasteiger partial charge in [0.1, 0.15) is 4.83 Å². The van der Waals surface area contributed by atoms with Gasteiger partial charge >= 0.3 is 5.97 Å². The highest BCUT2D eigenvalue weighted by atomic mass is 32.2. The molecule has 0 radical (unpaired) electrons. The number of hydrogen-bond donors (Lipinski definition) is 2. The van der Waals surface area contributed by atoms with Crippen molar-refractivity contribution in [2.75, 3.05) is 0 Å². The summed E-state index contributed by atoms with van der Waals surface area (Å²) < 4.78 is 0. The Morgan fingerprint density at radius 3 is 2.19 bits per heavy atom. The number of H-pyrrole nitrogens is 1. The molecule has 4 rings (SSSR count). The van der Waals surface area contributed by atoms with Crippen LogP contribution in [-0.4, -0.2) is 21.0 Å². The predicted molar refractivity (Wildman–Crippen MR) is 108 cm³/mol. The third-order valence-electron chi connectivity index (χ3n) is 4.09. The molecule has 0 fully saturated rings. The van der Waals surface area contributed by atoms with Crippen LogP contribution in [0.1, 0.15) is 26.7 Å². The molecule has 2 heterocycles. The minimum absolute atomic E-state index is 0.0111. The van der Waals surface area contributed by atoms with Crippen LogP contribution >= 0.6 is 23.1 Å². The second kappa shape index (κ2) is 7.38. The first kappa shape index (κ1) is 17.5. The van der Waals surface area contributed by atoms with E-state index in [1.165, 1.54) is 17.1 Å². The summed E-state index contributed by atoms with van der Waals surface area (Å²) in [4.78, 5) is 31.4. The number of aromatic amines is 1. The summed E-state index contributed by atoms with van der Waals surface area (Å²) in [5.41, 5.74) is 1.74. The Morgan fingerprint density at radius 2 is 1.63 bits per heavy atom. The summed E-state index contributed by atoms with van der Waals surface area (Å²) in [6.45, 7) is 0. The minimum Gasteiger partial charge on any atom is -0.478 e. The van der Waals surface area contributed by atoms with Gasteiger partial charge in [-0.15, -0.1) is 11.3 Å². The average molecular weight is 394 g/mol. The Morgan fingerprint density at radius 1 is 1.04 bits per heavy atom. The maximum Gasteiger partial charge on any atom is 0.337 e. The number of fused-ring (bicyclic) bond motifs is 1. The molecule has 0 aliphatic carbocycles. The zero-order chi connectivity index (χ0) is 18.8. The number of thiophene rings is 1. The SMILES string of the molecule is O=C(O)c1csc2nc(SC(c3ccccc3)c3ccccc3)[nH]c(=O)c12. The Balaban J connectivity index is 1.78. The van der Waals surface area contributed by atoms with Gasteiger partial charge in [0.25, 0.3) is 5.56 Å². The Hall–Kier alpha value is -2.90. The lowest BCUT2D eigenvalue weighted by Gasteiger charge is -2.17. The van der Waals surface area contributed by atoms with Crippen LogP contribution in [0.25, 0.3) is 10.2 Å². The van der Waals surface area contributed by atoms with Crippen LogP contribution in [0.15, 0.2) is 76.0 Å². The number of hydrogen-bond acceptors (Lipinski definition) is 5. The van der Waals surface area contributed by atoms with E-state index in [4.69, 9.17) is 0 Å². The summed E-state index contributed by atoms with van der Waals surface area (Å²) in [6.07, 6.45) is 0. The van der Waals surface area contributed by atoms with Gasteiger partial charge in [0.05, 0.1) is 16.2 Å². The van der Waals surface area contributed by atoms with Crippen molar-refractivity contribution >= 4 is 39.3 Å². The molecule has 0 spiro atoms. The Bertz CT molecular complexity index is 1110. The molecule has 0 saturated heterocycles. The van der Waals surface area contributed by atoms with E-state index in [0.717, 1.165) is 22.5 Å². The van der Waals surface area contributed by atoms with Crippen molar-refractivity contribution < 1.29 is 9.90 Å². The lowest BCUT2D eigenvalue weighted by molar-refractivity contribution is 0.0699. The summed E-state index contributed by atoms with van der Waals surface area (Å²) >= 11 is 2.60. The number of aromatic carboxylic acids is 1. The third kappa shape index (κ3) is 3.51. The maximum atomic E-state index is 12.5. The van der Waals surface area contributed by atoms with Gasteiger partial charge in [0, 0.05) is 5.38 Å². The van der Waals surface area contributed by atoms with E-state index < -0.39 is 11.5 Å². The van der Waals surface area contributed by atoms with E-state index in [2.05, 4.69) is 9.97 Å². The number of carboxylic acid groups (broad SMARTS) is 1. The van der Waals surface area contributed by atoms with Crippen molar-refractivity contribution in [1.29, 1.82) is 0 Å². The van der Waals surface area contributed by atoms with Gasteiger partial charge in [-0.3, -0.25) is 4.79 Å². The first-order valence-electron chi connectivity index (χ1n) is 8.15. The highest BCUT2D eigenvalue weighted by Crippen LogP contribution is 2.39. The van der Waals surface area contributed by atoms with E-state index in [0.29, 0.717) is 9.99 Å². The quantitative estimate of drug-likeness (QED) is 0.383. The van der Waals surface area contributed by atoms with Crippen LogP contribution < -0.4 is 5.56 Å². The smallest absolute Gasteiger partial charge is 0.337 e. The number of carboxylic acids is 1. The molecule has 0 atom stereocenters. The Labute approximate surface area is 162 Å². The molecule has 0 aliphatic heterocycles. The average Bonchev–Trinajstić information content (AvgIpc) is 3.12. The van der Waals surface area contributed by atoms with Crippen molar-refractivity contribution in [2.24, 2.45) is 0 Å². The van der Waals surface area contributed by atoms with Gasteiger partial charge in [0.15, 0.2) is 5.16 Å². The van der Waals surface area contributed by atoms with E-state index in [9.17, 15) is 14.7 Å². The molecule has 5 nitrogen and oxygen atoms in total. The molecule has 27 heavy (non-hydrogen) atoms. The summed E-state index contributed by atoms with van der Waals surface area (Å²) in [7, 11) is 0. The molecule has 0 bridgehead atoms. The van der Waals surface area contributed by atoms with Crippen molar-refractivity contribution in [2.45, 2.75) is 10.4 Å². The molecule has 2 aromatic heterocycles. The van der Waals surface area contributed by atoms with Gasteiger partial charge in [-0.2, -0.15) is 0 Å². The number of benzene rings is 2. The number of carbonyl (C=O) groups is 1. The maximum absolute atomic E-state index is 12.5. The number of aromatic nitrogens is 2. The van der Waals surface area contributed by atoms with Crippen molar-refractivity contribution in [3.8, 4) is 0 Å². The van der Waals surface area contributed by atoms with E-state index in [-0.39, 0.29) is 16.2 Å². The van der Waals surface area contributed by atoms with Crippen LogP contribution in [0.4, 0.5) is 0 Å². The van der Waals surface area contributed by atoms with Crippen molar-refractivity contribution in [1.82, 2.24) is 9.97 Å². The van der Waals surface area contributed by atoms with Gasteiger partial charge in [-0.25, -0.2) is 9.78 Å². The summed E-state index contributed by atoms with van der Waals surface area (Å²) in [5.74, 6) is -1.12.